The highest BCUT2D eigenvalue weighted by molar-refractivity contribution is 6.30. The first-order valence-corrected chi connectivity index (χ1v) is 14.6. The van der Waals surface area contributed by atoms with Gasteiger partial charge in [0.25, 0.3) is 5.91 Å². The number of hydrogen-bond acceptors (Lipinski definition) is 11. The SMILES string of the molecule is O=C1c2c(c3c4ccc(O)cc4[nH]c3c3c2c2ccc(O)cc2n3C2OC(CO)C(O)C(O)C2O)C(O)N1NCc1ccncc1. The second kappa shape index (κ2) is 10.4. The third kappa shape index (κ3) is 3.96. The van der Waals surface area contributed by atoms with Crippen LogP contribution in [-0.4, -0.2) is 92.2 Å². The van der Waals surface area contributed by atoms with E-state index < -0.39 is 49.4 Å². The molecule has 1 saturated heterocycles. The zero-order valence-electron chi connectivity index (χ0n) is 23.9. The van der Waals surface area contributed by atoms with E-state index in [-0.39, 0.29) is 23.6 Å². The van der Waals surface area contributed by atoms with Crippen molar-refractivity contribution in [1.29, 1.82) is 0 Å². The minimum atomic E-state index is -1.71. The number of fused-ring (bicyclic) bond motifs is 10. The van der Waals surface area contributed by atoms with Crippen molar-refractivity contribution < 1.29 is 45.3 Å². The number of phenols is 2. The highest BCUT2D eigenvalue weighted by Crippen LogP contribution is 2.50. The molecule has 6 atom stereocenters. The van der Waals surface area contributed by atoms with Crippen LogP contribution in [0, 0.1) is 0 Å². The third-order valence-electron chi connectivity index (χ3n) is 9.06. The minimum Gasteiger partial charge on any atom is -0.508 e. The van der Waals surface area contributed by atoms with Crippen molar-refractivity contribution in [1.82, 2.24) is 25.0 Å². The summed E-state index contributed by atoms with van der Waals surface area (Å²) in [6.07, 6.45) is -5.87. The lowest BCUT2D eigenvalue weighted by atomic mass is 9.96. The van der Waals surface area contributed by atoms with Gasteiger partial charge < -0.3 is 50.0 Å². The number of phenolic OH excluding ortho intramolecular Hbond substituents is 2. The van der Waals surface area contributed by atoms with E-state index in [1.54, 1.807) is 36.7 Å². The monoisotopic (exact) mass is 627 g/mol. The van der Waals surface area contributed by atoms with E-state index in [9.17, 15) is 40.5 Å². The van der Waals surface area contributed by atoms with Crippen molar-refractivity contribution in [2.24, 2.45) is 0 Å². The molecule has 1 amide bonds. The predicted octanol–water partition coefficient (Wildman–Crippen LogP) is 1.36. The van der Waals surface area contributed by atoms with Crippen LogP contribution in [0.2, 0.25) is 0 Å². The van der Waals surface area contributed by atoms with E-state index in [1.807, 2.05) is 0 Å². The Kier molecular flexibility index (Phi) is 6.46. The highest BCUT2D eigenvalue weighted by Gasteiger charge is 2.47. The van der Waals surface area contributed by atoms with Crippen LogP contribution in [0.1, 0.15) is 33.9 Å². The van der Waals surface area contributed by atoms with E-state index in [0.29, 0.717) is 49.2 Å². The number of hydrogen-bond donors (Lipinski definition) is 9. The highest BCUT2D eigenvalue weighted by atomic mass is 16.6. The number of carbonyl (C=O) groups excluding carboxylic acids is 1. The van der Waals surface area contributed by atoms with Gasteiger partial charge in [0, 0.05) is 58.2 Å². The number of carbonyl (C=O) groups is 1. The molecule has 6 aromatic rings. The molecule has 8 rings (SSSR count). The van der Waals surface area contributed by atoms with Gasteiger partial charge in [0.15, 0.2) is 12.5 Å². The maximum absolute atomic E-state index is 14.3. The molecule has 1 fully saturated rings. The third-order valence-corrected chi connectivity index (χ3v) is 9.06. The first-order chi connectivity index (χ1) is 22.2. The topological polar surface area (TPSA) is 217 Å². The van der Waals surface area contributed by atoms with Gasteiger partial charge in [0.2, 0.25) is 0 Å². The van der Waals surface area contributed by atoms with Crippen LogP contribution < -0.4 is 5.43 Å². The first kappa shape index (κ1) is 28.7. The molecule has 0 bridgehead atoms. The van der Waals surface area contributed by atoms with Gasteiger partial charge in [-0.1, -0.05) is 0 Å². The van der Waals surface area contributed by atoms with Crippen molar-refractivity contribution >= 4 is 49.5 Å². The van der Waals surface area contributed by atoms with Crippen molar-refractivity contribution in [3.8, 4) is 11.5 Å². The standard InChI is InChI=1S/C32H29N5O9/c38-12-20-27(41)28(42)29(43)32(46-20)36-19-10-15(40)2-4-17(19)22-24-23(21-16-3-1-14(39)9-18(16)35-25(21)26(22)36)30(44)37(31(24)45)34-11-13-5-7-33-8-6-13/h1-10,20,27-30,32,34-35,38-44H,11-12H2. The zero-order chi connectivity index (χ0) is 32.0. The normalized spacial score (nSPS) is 25.0. The van der Waals surface area contributed by atoms with E-state index >= 15 is 0 Å². The molecule has 0 saturated carbocycles. The predicted molar refractivity (Wildman–Crippen MR) is 163 cm³/mol. The lowest BCUT2D eigenvalue weighted by molar-refractivity contribution is -0.249. The second-order valence-corrected chi connectivity index (χ2v) is 11.6. The van der Waals surface area contributed by atoms with E-state index in [4.69, 9.17) is 4.74 Å². The quantitative estimate of drug-likeness (QED) is 0.133. The summed E-state index contributed by atoms with van der Waals surface area (Å²) in [6, 6.07) is 12.6. The number of nitrogens with zero attached hydrogens (tertiary/aromatic N) is 3. The number of aromatic hydroxyl groups is 2. The largest absolute Gasteiger partial charge is 0.508 e. The van der Waals surface area contributed by atoms with Crippen LogP contribution in [-0.2, 0) is 11.3 Å². The Morgan fingerprint density at radius 1 is 0.891 bits per heavy atom. The number of hydrazine groups is 1. The van der Waals surface area contributed by atoms with Gasteiger partial charge in [-0.3, -0.25) is 9.78 Å². The fourth-order valence-corrected chi connectivity index (χ4v) is 6.94. The second-order valence-electron chi connectivity index (χ2n) is 11.6. The van der Waals surface area contributed by atoms with E-state index in [2.05, 4.69) is 15.4 Å². The fraction of sp³-hybridized carbons (Fsp3) is 0.250. The lowest BCUT2D eigenvalue weighted by Crippen LogP contribution is -2.56. The van der Waals surface area contributed by atoms with Crippen LogP contribution >= 0.6 is 0 Å². The van der Waals surface area contributed by atoms with Gasteiger partial charge in [-0.2, -0.15) is 0 Å². The van der Waals surface area contributed by atoms with Gasteiger partial charge in [-0.15, -0.1) is 0 Å². The average Bonchev–Trinajstić information content (AvgIpc) is 3.66. The number of aromatic amines is 1. The molecule has 0 spiro atoms. The minimum absolute atomic E-state index is 0.0244. The molecule has 236 valence electrons. The summed E-state index contributed by atoms with van der Waals surface area (Å²) in [5.41, 5.74) is 5.84. The lowest BCUT2D eigenvalue weighted by Gasteiger charge is -2.41. The molecular formula is C32H29N5O9. The molecule has 3 aromatic carbocycles. The van der Waals surface area contributed by atoms with Gasteiger partial charge in [0.05, 0.1) is 34.2 Å². The smallest absolute Gasteiger partial charge is 0.271 e. The number of benzene rings is 3. The Morgan fingerprint density at radius 2 is 1.61 bits per heavy atom. The Hall–Kier alpha value is -4.80. The summed E-state index contributed by atoms with van der Waals surface area (Å²) in [5.74, 6) is -0.705. The molecule has 2 aliphatic heterocycles. The number of aromatic nitrogens is 3. The molecule has 9 N–H and O–H groups in total. The number of aliphatic hydroxyl groups is 5. The van der Waals surface area contributed by atoms with E-state index in [0.717, 1.165) is 10.6 Å². The summed E-state index contributed by atoms with van der Waals surface area (Å²) < 4.78 is 7.52. The van der Waals surface area contributed by atoms with E-state index in [1.165, 1.54) is 28.8 Å². The molecule has 14 heteroatoms. The number of rotatable bonds is 5. The molecule has 46 heavy (non-hydrogen) atoms. The van der Waals surface area contributed by atoms with Gasteiger partial charge in [-0.05, 0) is 42.0 Å². The number of pyridine rings is 1. The Balaban J connectivity index is 1.46. The number of amides is 1. The van der Waals surface area contributed by atoms with Crippen molar-refractivity contribution in [3.05, 3.63) is 77.6 Å². The van der Waals surface area contributed by atoms with Crippen LogP contribution in [0.3, 0.4) is 0 Å². The molecule has 5 heterocycles. The summed E-state index contributed by atoms with van der Waals surface area (Å²) in [7, 11) is 0. The van der Waals surface area contributed by atoms with Crippen LogP contribution in [0.4, 0.5) is 0 Å². The van der Waals surface area contributed by atoms with Crippen LogP contribution in [0.25, 0.3) is 43.6 Å². The number of nitrogens with one attached hydrogen (secondary N) is 2. The maximum atomic E-state index is 14.3. The first-order valence-electron chi connectivity index (χ1n) is 14.6. The summed E-state index contributed by atoms with van der Waals surface area (Å²) in [6.45, 7) is -0.461. The average molecular weight is 628 g/mol. The number of H-pyrrole nitrogens is 1. The molecule has 6 unspecified atom stereocenters. The molecule has 0 radical (unpaired) electrons. The van der Waals surface area contributed by atoms with Crippen LogP contribution in [0.15, 0.2) is 60.9 Å². The molecule has 2 aliphatic rings. The van der Waals surface area contributed by atoms with Crippen molar-refractivity contribution in [2.45, 2.75) is 43.4 Å². The summed E-state index contributed by atoms with van der Waals surface area (Å²) >= 11 is 0. The van der Waals surface area contributed by atoms with Gasteiger partial charge in [0.1, 0.15) is 35.9 Å². The Bertz CT molecular complexity index is 2180. The molecule has 0 aliphatic carbocycles. The molecule has 3 aromatic heterocycles. The van der Waals surface area contributed by atoms with Crippen LogP contribution in [0.5, 0.6) is 11.5 Å². The van der Waals surface area contributed by atoms with Gasteiger partial charge in [-0.25, -0.2) is 10.4 Å². The zero-order valence-corrected chi connectivity index (χ0v) is 23.9. The Morgan fingerprint density at radius 3 is 2.35 bits per heavy atom. The molecule has 14 nitrogen and oxygen atoms in total. The maximum Gasteiger partial charge on any atom is 0.271 e. The van der Waals surface area contributed by atoms with Crippen molar-refractivity contribution in [3.63, 3.8) is 0 Å². The molecular weight excluding hydrogens is 598 g/mol. The summed E-state index contributed by atoms with van der Waals surface area (Å²) in [5, 5.41) is 78.2. The Labute approximate surface area is 258 Å². The number of ether oxygens (including phenoxy) is 1. The van der Waals surface area contributed by atoms with Gasteiger partial charge >= 0.3 is 0 Å². The fourth-order valence-electron chi connectivity index (χ4n) is 6.94. The number of aliphatic hydroxyl groups excluding tert-OH is 5. The van der Waals surface area contributed by atoms with Crippen molar-refractivity contribution in [2.75, 3.05) is 6.61 Å². The summed E-state index contributed by atoms with van der Waals surface area (Å²) in [4.78, 5) is 21.7.